The third-order valence-corrected chi connectivity index (χ3v) is 6.43. The third kappa shape index (κ3) is 5.61. The summed E-state index contributed by atoms with van der Waals surface area (Å²) < 4.78 is 21.1. The van der Waals surface area contributed by atoms with Gasteiger partial charge < -0.3 is 23.9 Å². The lowest BCUT2D eigenvalue weighted by atomic mass is 10.0. The van der Waals surface area contributed by atoms with Crippen molar-refractivity contribution in [2.75, 3.05) is 26.2 Å². The molecule has 3 aromatic rings. The zero-order chi connectivity index (χ0) is 26.4. The van der Waals surface area contributed by atoms with Crippen LogP contribution >= 0.6 is 0 Å². The van der Waals surface area contributed by atoms with E-state index in [0.717, 1.165) is 25.7 Å². The van der Waals surface area contributed by atoms with Crippen molar-refractivity contribution in [3.63, 3.8) is 0 Å². The van der Waals surface area contributed by atoms with Crippen LogP contribution in [0.2, 0.25) is 0 Å². The summed E-state index contributed by atoms with van der Waals surface area (Å²) in [6.45, 7) is 0. The molecule has 9 heteroatoms. The number of furan rings is 1. The highest BCUT2D eigenvalue weighted by atomic mass is 16.5. The minimum absolute atomic E-state index is 0.0112. The second-order valence-electron chi connectivity index (χ2n) is 8.70. The van der Waals surface area contributed by atoms with E-state index < -0.39 is 17.9 Å². The first kappa shape index (κ1) is 25.8. The van der Waals surface area contributed by atoms with E-state index in [1.807, 2.05) is 0 Å². The van der Waals surface area contributed by atoms with Crippen LogP contribution in [0.25, 0.3) is 0 Å². The first-order chi connectivity index (χ1) is 18.0. The van der Waals surface area contributed by atoms with E-state index in [-0.39, 0.29) is 23.3 Å². The molecule has 1 heterocycles. The summed E-state index contributed by atoms with van der Waals surface area (Å²) >= 11 is 0. The van der Waals surface area contributed by atoms with Crippen molar-refractivity contribution >= 4 is 23.5 Å². The van der Waals surface area contributed by atoms with E-state index in [2.05, 4.69) is 5.32 Å². The molecule has 1 aliphatic rings. The summed E-state index contributed by atoms with van der Waals surface area (Å²) in [5, 5.41) is 3.12. The lowest BCUT2D eigenvalue weighted by Crippen LogP contribution is -2.46. The van der Waals surface area contributed by atoms with Crippen molar-refractivity contribution in [3.8, 4) is 11.5 Å². The van der Waals surface area contributed by atoms with Crippen LogP contribution < -0.4 is 19.7 Å². The Morgan fingerprint density at radius 1 is 0.946 bits per heavy atom. The molecule has 0 bridgehead atoms. The van der Waals surface area contributed by atoms with E-state index in [1.165, 1.54) is 44.6 Å². The van der Waals surface area contributed by atoms with Gasteiger partial charge in [0.05, 0.1) is 33.2 Å². The van der Waals surface area contributed by atoms with Crippen molar-refractivity contribution in [2.45, 2.75) is 37.8 Å². The van der Waals surface area contributed by atoms with Gasteiger partial charge in [0.1, 0.15) is 6.04 Å². The standard InChI is InChI=1S/C28H30N2O7/c1-34-22-14-13-18(17-24(22)35-2)25(26(31)29-20-9-4-5-10-20)30(27(32)23-12-7-15-37-23)21-11-6-8-19(16-21)28(33)36-3/h6-8,11-17,20,25H,4-5,9-10H2,1-3H3,(H,29,31)/t25-/m0/s1. The topological polar surface area (TPSA) is 107 Å². The number of carbonyl (C=O) groups is 3. The van der Waals surface area contributed by atoms with Crippen molar-refractivity contribution in [3.05, 3.63) is 77.7 Å². The molecule has 1 aromatic heterocycles. The summed E-state index contributed by atoms with van der Waals surface area (Å²) in [5.41, 5.74) is 1.06. The smallest absolute Gasteiger partial charge is 0.337 e. The molecule has 1 aliphatic carbocycles. The number of benzene rings is 2. The first-order valence-corrected chi connectivity index (χ1v) is 12.0. The quantitative estimate of drug-likeness (QED) is 0.425. The van der Waals surface area contributed by atoms with Gasteiger partial charge in [-0.05, 0) is 60.9 Å². The Hall–Kier alpha value is -4.27. The van der Waals surface area contributed by atoms with Crippen LogP contribution in [0.15, 0.2) is 65.3 Å². The molecule has 1 atom stereocenters. The fraction of sp³-hybridized carbons (Fsp3) is 0.321. The predicted molar refractivity (Wildman–Crippen MR) is 136 cm³/mol. The van der Waals surface area contributed by atoms with Gasteiger partial charge in [0, 0.05) is 11.7 Å². The summed E-state index contributed by atoms with van der Waals surface area (Å²) in [6.07, 6.45) is 5.19. The Bertz CT molecular complexity index is 1250. The van der Waals surface area contributed by atoms with Gasteiger partial charge >= 0.3 is 5.97 Å². The number of rotatable bonds is 9. The number of carbonyl (C=O) groups excluding carboxylic acids is 3. The summed E-state index contributed by atoms with van der Waals surface area (Å²) in [6, 6.07) is 13.5. The van der Waals surface area contributed by atoms with Gasteiger partial charge in [0.15, 0.2) is 17.3 Å². The molecule has 194 valence electrons. The van der Waals surface area contributed by atoms with E-state index >= 15 is 0 Å². The van der Waals surface area contributed by atoms with Crippen LogP contribution in [-0.4, -0.2) is 45.2 Å². The molecule has 37 heavy (non-hydrogen) atoms. The molecule has 2 amide bonds. The molecule has 1 fully saturated rings. The molecular weight excluding hydrogens is 476 g/mol. The number of nitrogens with zero attached hydrogens (tertiary/aromatic N) is 1. The van der Waals surface area contributed by atoms with Crippen LogP contribution in [0.5, 0.6) is 11.5 Å². The van der Waals surface area contributed by atoms with Gasteiger partial charge in [-0.1, -0.05) is 25.0 Å². The Morgan fingerprint density at radius 2 is 1.70 bits per heavy atom. The minimum atomic E-state index is -1.11. The zero-order valence-electron chi connectivity index (χ0n) is 21.1. The average molecular weight is 507 g/mol. The van der Waals surface area contributed by atoms with Crippen molar-refractivity contribution < 1.29 is 33.0 Å². The number of hydrogen-bond donors (Lipinski definition) is 1. The molecule has 1 N–H and O–H groups in total. The van der Waals surface area contributed by atoms with Gasteiger partial charge in [-0.15, -0.1) is 0 Å². The second kappa shape index (κ2) is 11.6. The largest absolute Gasteiger partial charge is 0.493 e. The van der Waals surface area contributed by atoms with Crippen molar-refractivity contribution in [1.82, 2.24) is 5.32 Å². The number of esters is 1. The van der Waals surface area contributed by atoms with Crippen LogP contribution in [0.4, 0.5) is 5.69 Å². The zero-order valence-corrected chi connectivity index (χ0v) is 21.1. The van der Waals surface area contributed by atoms with Gasteiger partial charge in [-0.25, -0.2) is 4.79 Å². The molecule has 0 radical (unpaired) electrons. The third-order valence-electron chi connectivity index (χ3n) is 6.43. The van der Waals surface area contributed by atoms with Crippen LogP contribution in [0.3, 0.4) is 0 Å². The molecule has 2 aromatic carbocycles. The highest BCUT2D eigenvalue weighted by molar-refractivity contribution is 6.09. The fourth-order valence-electron chi connectivity index (χ4n) is 4.59. The van der Waals surface area contributed by atoms with Crippen LogP contribution in [-0.2, 0) is 9.53 Å². The van der Waals surface area contributed by atoms with E-state index in [1.54, 1.807) is 42.5 Å². The number of methoxy groups -OCH3 is 3. The van der Waals surface area contributed by atoms with E-state index in [0.29, 0.717) is 22.7 Å². The molecule has 1 saturated carbocycles. The van der Waals surface area contributed by atoms with Crippen molar-refractivity contribution in [2.24, 2.45) is 0 Å². The fourth-order valence-corrected chi connectivity index (χ4v) is 4.59. The molecular formula is C28H30N2O7. The molecule has 9 nitrogen and oxygen atoms in total. The molecule has 4 rings (SSSR count). The minimum Gasteiger partial charge on any atom is -0.493 e. The molecule has 0 aliphatic heterocycles. The lowest BCUT2D eigenvalue weighted by molar-refractivity contribution is -0.123. The maximum absolute atomic E-state index is 13.9. The number of nitrogens with one attached hydrogen (secondary N) is 1. The Kier molecular flexibility index (Phi) is 8.12. The monoisotopic (exact) mass is 506 g/mol. The lowest BCUT2D eigenvalue weighted by Gasteiger charge is -2.32. The predicted octanol–water partition coefficient (Wildman–Crippen LogP) is 4.53. The normalized spacial score (nSPS) is 14.0. The van der Waals surface area contributed by atoms with Crippen LogP contribution in [0.1, 0.15) is 58.2 Å². The number of amides is 2. The van der Waals surface area contributed by atoms with Crippen molar-refractivity contribution in [1.29, 1.82) is 0 Å². The summed E-state index contributed by atoms with van der Waals surface area (Å²) in [5.74, 6) is -0.533. The SMILES string of the molecule is COC(=O)c1cccc(N(C(=O)c2ccco2)[C@H](C(=O)NC2CCCC2)c2ccc(OC)c(OC)c2)c1. The van der Waals surface area contributed by atoms with Gasteiger partial charge in [0.25, 0.3) is 5.91 Å². The number of ether oxygens (including phenoxy) is 3. The molecule has 0 saturated heterocycles. The summed E-state index contributed by atoms with van der Waals surface area (Å²) in [4.78, 5) is 41.4. The van der Waals surface area contributed by atoms with E-state index in [4.69, 9.17) is 18.6 Å². The molecule has 0 unspecified atom stereocenters. The number of anilines is 1. The maximum atomic E-state index is 13.9. The Morgan fingerprint density at radius 3 is 2.35 bits per heavy atom. The highest BCUT2D eigenvalue weighted by Crippen LogP contribution is 2.36. The van der Waals surface area contributed by atoms with E-state index in [9.17, 15) is 14.4 Å². The Balaban J connectivity index is 1.88. The molecule has 0 spiro atoms. The maximum Gasteiger partial charge on any atom is 0.337 e. The highest BCUT2D eigenvalue weighted by Gasteiger charge is 2.36. The van der Waals surface area contributed by atoms with Gasteiger partial charge in [0.2, 0.25) is 5.91 Å². The van der Waals surface area contributed by atoms with Gasteiger partial charge in [-0.3, -0.25) is 14.5 Å². The number of hydrogen-bond acceptors (Lipinski definition) is 7. The second-order valence-corrected chi connectivity index (χ2v) is 8.70. The summed E-state index contributed by atoms with van der Waals surface area (Å²) in [7, 11) is 4.30. The first-order valence-electron chi connectivity index (χ1n) is 12.0. The Labute approximate surface area is 215 Å². The van der Waals surface area contributed by atoms with Gasteiger partial charge in [-0.2, -0.15) is 0 Å². The average Bonchev–Trinajstić information content (AvgIpc) is 3.65. The van der Waals surface area contributed by atoms with Crippen LogP contribution in [0, 0.1) is 0 Å².